The van der Waals surface area contributed by atoms with Gasteiger partial charge in [0.25, 0.3) is 10.0 Å². The van der Waals surface area contributed by atoms with Crippen LogP contribution in [0.15, 0.2) is 11.4 Å². The van der Waals surface area contributed by atoms with Gasteiger partial charge in [-0.15, -0.1) is 0 Å². The number of hydrogen-bond donors (Lipinski definition) is 1. The number of hydrogen-bond acceptors (Lipinski definition) is 4. The molecule has 1 fully saturated rings. The molecule has 2 rings (SSSR count). The molecular weight excluding hydrogens is 264 g/mol. The van der Waals surface area contributed by atoms with Crippen molar-refractivity contribution in [2.24, 2.45) is 13.0 Å². The summed E-state index contributed by atoms with van der Waals surface area (Å²) in [6.45, 7) is 3.31. The van der Waals surface area contributed by atoms with Crippen molar-refractivity contribution in [1.82, 2.24) is 13.9 Å². The fourth-order valence-electron chi connectivity index (χ4n) is 2.66. The van der Waals surface area contributed by atoms with Crippen molar-refractivity contribution in [2.45, 2.75) is 37.6 Å². The summed E-state index contributed by atoms with van der Waals surface area (Å²) in [5.74, 6) is 0.711. The first-order valence-electron chi connectivity index (χ1n) is 6.73. The quantitative estimate of drug-likeness (QED) is 0.905. The Hall–Kier alpha value is -1.08. The van der Waals surface area contributed by atoms with E-state index in [1.165, 1.54) is 10.9 Å². The summed E-state index contributed by atoms with van der Waals surface area (Å²) >= 11 is 0. The summed E-state index contributed by atoms with van der Waals surface area (Å²) in [4.78, 5) is 3.87. The molecular formula is C12H22N4O2S. The Bertz CT molecular complexity index is 518. The number of nitrogens with two attached hydrogens (primary N) is 1. The number of rotatable bonds is 3. The van der Waals surface area contributed by atoms with Crippen molar-refractivity contribution in [2.75, 3.05) is 18.8 Å². The second kappa shape index (κ2) is 5.50. The van der Waals surface area contributed by atoms with E-state index in [1.54, 1.807) is 11.4 Å². The molecule has 19 heavy (non-hydrogen) atoms. The van der Waals surface area contributed by atoms with Crippen LogP contribution in [0.4, 0.5) is 5.82 Å². The molecule has 1 aromatic rings. The zero-order valence-corrected chi connectivity index (χ0v) is 12.4. The molecule has 0 spiro atoms. The molecule has 0 aromatic carbocycles. The van der Waals surface area contributed by atoms with E-state index in [2.05, 4.69) is 11.9 Å². The average molecular weight is 286 g/mol. The van der Waals surface area contributed by atoms with E-state index in [4.69, 9.17) is 5.73 Å². The molecule has 1 aromatic heterocycles. The molecule has 2 N–H and O–H groups in total. The van der Waals surface area contributed by atoms with Crippen molar-refractivity contribution in [3.63, 3.8) is 0 Å². The predicted octanol–water partition coefficient (Wildman–Crippen LogP) is 1.20. The third-order valence-corrected chi connectivity index (χ3v) is 5.91. The number of nitrogen functional groups attached to an aromatic ring is 1. The van der Waals surface area contributed by atoms with Gasteiger partial charge in [0.1, 0.15) is 0 Å². The van der Waals surface area contributed by atoms with Gasteiger partial charge in [-0.2, -0.15) is 4.31 Å². The minimum atomic E-state index is -3.53. The monoisotopic (exact) mass is 286 g/mol. The SMILES string of the molecule is CCC1CCCN(S(=O)(=O)c2c(N)ncn2C)CC1. The maximum atomic E-state index is 12.6. The van der Waals surface area contributed by atoms with Crippen LogP contribution >= 0.6 is 0 Å². The number of imidazole rings is 1. The van der Waals surface area contributed by atoms with Crippen LogP contribution in [0.3, 0.4) is 0 Å². The predicted molar refractivity (Wildman–Crippen MR) is 74.0 cm³/mol. The lowest BCUT2D eigenvalue weighted by atomic mass is 9.98. The first-order valence-corrected chi connectivity index (χ1v) is 8.17. The lowest BCUT2D eigenvalue weighted by Crippen LogP contribution is -2.33. The van der Waals surface area contributed by atoms with E-state index < -0.39 is 10.0 Å². The van der Waals surface area contributed by atoms with Gasteiger partial charge in [-0.1, -0.05) is 13.3 Å². The van der Waals surface area contributed by atoms with Gasteiger partial charge in [-0.25, -0.2) is 13.4 Å². The molecule has 0 bridgehead atoms. The zero-order chi connectivity index (χ0) is 14.0. The number of sulfonamides is 1. The number of nitrogens with zero attached hydrogens (tertiary/aromatic N) is 3. The van der Waals surface area contributed by atoms with Crippen LogP contribution in [0.2, 0.25) is 0 Å². The smallest absolute Gasteiger partial charge is 0.262 e. The third kappa shape index (κ3) is 2.76. The molecule has 2 heterocycles. The Morgan fingerprint density at radius 1 is 1.42 bits per heavy atom. The standard InChI is InChI=1S/C12H22N4O2S/c1-3-10-5-4-7-16(8-6-10)19(17,18)12-11(13)14-9-15(12)2/h9-10H,3-8,13H2,1-2H3. The topological polar surface area (TPSA) is 81.2 Å². The molecule has 0 amide bonds. The van der Waals surface area contributed by atoms with Gasteiger partial charge in [-0.3, -0.25) is 0 Å². The highest BCUT2D eigenvalue weighted by Crippen LogP contribution is 2.26. The first kappa shape index (κ1) is 14.3. The molecule has 1 aliphatic rings. The zero-order valence-electron chi connectivity index (χ0n) is 11.5. The molecule has 1 aliphatic heterocycles. The Balaban J connectivity index is 2.25. The Morgan fingerprint density at radius 3 is 2.74 bits per heavy atom. The molecule has 0 saturated carbocycles. The van der Waals surface area contributed by atoms with Crippen LogP contribution in [-0.4, -0.2) is 35.4 Å². The molecule has 7 heteroatoms. The van der Waals surface area contributed by atoms with Gasteiger partial charge in [-0.05, 0) is 25.2 Å². The summed E-state index contributed by atoms with van der Waals surface area (Å²) in [6.07, 6.45) is 5.49. The van der Waals surface area contributed by atoms with E-state index in [0.717, 1.165) is 25.7 Å². The molecule has 108 valence electrons. The third-order valence-electron chi connectivity index (χ3n) is 3.88. The summed E-state index contributed by atoms with van der Waals surface area (Å²) in [6, 6.07) is 0. The van der Waals surface area contributed by atoms with Gasteiger partial charge in [0.15, 0.2) is 10.8 Å². The fourth-order valence-corrected chi connectivity index (χ4v) is 4.35. The van der Waals surface area contributed by atoms with E-state index in [0.29, 0.717) is 19.0 Å². The maximum Gasteiger partial charge on any atom is 0.262 e. The van der Waals surface area contributed by atoms with Crippen LogP contribution < -0.4 is 5.73 Å². The van der Waals surface area contributed by atoms with Crippen LogP contribution in [0.1, 0.15) is 32.6 Å². The van der Waals surface area contributed by atoms with Crippen LogP contribution in [0, 0.1) is 5.92 Å². The Labute approximate surface area is 114 Å². The van der Waals surface area contributed by atoms with Crippen LogP contribution in [-0.2, 0) is 17.1 Å². The second-order valence-electron chi connectivity index (χ2n) is 5.16. The molecule has 1 atom stereocenters. The second-order valence-corrected chi connectivity index (χ2v) is 7.01. The van der Waals surface area contributed by atoms with Gasteiger partial charge in [0.2, 0.25) is 0 Å². The molecule has 6 nitrogen and oxygen atoms in total. The number of aryl methyl sites for hydroxylation is 1. The molecule has 1 unspecified atom stereocenters. The molecule has 1 saturated heterocycles. The fraction of sp³-hybridized carbons (Fsp3) is 0.750. The highest BCUT2D eigenvalue weighted by atomic mass is 32.2. The van der Waals surface area contributed by atoms with Crippen molar-refractivity contribution < 1.29 is 8.42 Å². The number of anilines is 1. The number of aromatic nitrogens is 2. The van der Waals surface area contributed by atoms with Gasteiger partial charge in [0.05, 0.1) is 6.33 Å². The van der Waals surface area contributed by atoms with Crippen LogP contribution in [0.25, 0.3) is 0 Å². The van der Waals surface area contributed by atoms with Crippen molar-refractivity contribution in [3.8, 4) is 0 Å². The lowest BCUT2D eigenvalue weighted by molar-refractivity contribution is 0.404. The maximum absolute atomic E-state index is 12.6. The van der Waals surface area contributed by atoms with Crippen molar-refractivity contribution >= 4 is 15.8 Å². The van der Waals surface area contributed by atoms with Crippen molar-refractivity contribution in [3.05, 3.63) is 6.33 Å². The summed E-state index contributed by atoms with van der Waals surface area (Å²) < 4.78 is 28.3. The summed E-state index contributed by atoms with van der Waals surface area (Å²) in [5, 5.41) is 0.113. The highest BCUT2D eigenvalue weighted by Gasteiger charge is 2.31. The Morgan fingerprint density at radius 2 is 2.16 bits per heavy atom. The highest BCUT2D eigenvalue weighted by molar-refractivity contribution is 7.89. The molecule has 0 radical (unpaired) electrons. The summed E-state index contributed by atoms with van der Waals surface area (Å²) in [5.41, 5.74) is 5.69. The van der Waals surface area contributed by atoms with E-state index in [-0.39, 0.29) is 10.8 Å². The van der Waals surface area contributed by atoms with Gasteiger partial charge < -0.3 is 10.3 Å². The average Bonchev–Trinajstić information content (AvgIpc) is 2.59. The van der Waals surface area contributed by atoms with Gasteiger partial charge >= 0.3 is 0 Å². The van der Waals surface area contributed by atoms with E-state index in [1.807, 2.05) is 0 Å². The molecule has 0 aliphatic carbocycles. The van der Waals surface area contributed by atoms with Gasteiger partial charge in [0, 0.05) is 20.1 Å². The van der Waals surface area contributed by atoms with E-state index >= 15 is 0 Å². The Kier molecular flexibility index (Phi) is 4.15. The summed E-state index contributed by atoms with van der Waals surface area (Å²) in [7, 11) is -1.87. The lowest BCUT2D eigenvalue weighted by Gasteiger charge is -2.20. The minimum absolute atomic E-state index is 0.0822. The largest absolute Gasteiger partial charge is 0.381 e. The normalized spacial score (nSPS) is 22.3. The van der Waals surface area contributed by atoms with Crippen LogP contribution in [0.5, 0.6) is 0 Å². The van der Waals surface area contributed by atoms with Crippen molar-refractivity contribution in [1.29, 1.82) is 0 Å². The minimum Gasteiger partial charge on any atom is -0.381 e. The first-order chi connectivity index (χ1) is 8.96. The van der Waals surface area contributed by atoms with E-state index in [9.17, 15) is 8.42 Å².